The average molecular weight is 715 g/mol. The van der Waals surface area contributed by atoms with Gasteiger partial charge >= 0.3 is 0 Å². The van der Waals surface area contributed by atoms with E-state index in [-0.39, 0.29) is 6.71 Å². The first-order valence-electron chi connectivity index (χ1n) is 19.2. The van der Waals surface area contributed by atoms with E-state index in [1.165, 1.54) is 83.5 Å². The van der Waals surface area contributed by atoms with Crippen LogP contribution >= 0.6 is 0 Å². The minimum absolute atomic E-state index is 0.249. The smallest absolute Gasteiger partial charge is 0.256 e. The lowest BCUT2D eigenvalue weighted by atomic mass is 9.34. The number of rotatable bonds is 0. The van der Waals surface area contributed by atoms with Crippen molar-refractivity contribution in [2.75, 3.05) is 21.3 Å². The van der Waals surface area contributed by atoms with Crippen molar-refractivity contribution < 1.29 is 4.74 Å². The van der Waals surface area contributed by atoms with E-state index >= 15 is 0 Å². The van der Waals surface area contributed by atoms with Crippen LogP contribution in [0.2, 0.25) is 0 Å². The molecule has 0 unspecified atom stereocenters. The maximum absolute atomic E-state index is 6.10. The van der Waals surface area contributed by atoms with E-state index in [0.29, 0.717) is 6.71 Å². The Morgan fingerprint density at radius 2 is 0.661 bits per heavy atom. The van der Waals surface area contributed by atoms with Crippen LogP contribution in [-0.2, 0) is 0 Å². The van der Waals surface area contributed by atoms with Gasteiger partial charge in [-0.2, -0.15) is 0 Å². The van der Waals surface area contributed by atoms with E-state index in [0.717, 1.165) is 17.2 Å². The number of benzene rings is 8. The lowest BCUT2D eigenvalue weighted by Gasteiger charge is -2.34. The monoisotopic (exact) mass is 715 g/mol. The summed E-state index contributed by atoms with van der Waals surface area (Å²) in [7, 11) is 2.21. The fraction of sp³-hybridized carbons (Fsp3) is 0. The third kappa shape index (κ3) is 5.44. The molecule has 0 saturated carbocycles. The molecule has 0 amide bonds. The van der Waals surface area contributed by atoms with Crippen molar-refractivity contribution in [3.05, 3.63) is 182 Å². The summed E-state index contributed by atoms with van der Waals surface area (Å²) in [5.74, 6) is 1.92. The normalized spacial score (nSPS) is 13.1. The molecule has 8 heteroatoms. The molecule has 4 N–H and O–H groups in total. The first kappa shape index (κ1) is 32.4. The van der Waals surface area contributed by atoms with Crippen LogP contribution in [0.3, 0.4) is 0 Å². The second-order valence-electron chi connectivity index (χ2n) is 14.6. The minimum atomic E-state index is 0.249. The molecule has 261 valence electrons. The Kier molecular flexibility index (Phi) is 7.73. The summed E-state index contributed by atoms with van der Waals surface area (Å²) in [6.07, 6.45) is 0. The van der Waals surface area contributed by atoms with E-state index in [1.54, 1.807) is 0 Å². The van der Waals surface area contributed by atoms with Gasteiger partial charge in [-0.05, 0) is 93.4 Å². The molecule has 5 aliphatic rings. The number of para-hydroxylation sites is 6. The number of nitrogens with one attached hydrogen (secondary N) is 4. The first-order valence-corrected chi connectivity index (χ1v) is 19.2. The molecule has 13 rings (SSSR count). The van der Waals surface area contributed by atoms with Crippen molar-refractivity contribution in [2.45, 2.75) is 0 Å². The highest BCUT2D eigenvalue weighted by molar-refractivity contribution is 7.00. The lowest BCUT2D eigenvalue weighted by Crippen LogP contribution is -2.58. The third-order valence-corrected chi connectivity index (χ3v) is 11.3. The first-order chi connectivity index (χ1) is 27.8. The predicted molar refractivity (Wildman–Crippen MR) is 239 cm³/mol. The summed E-state index contributed by atoms with van der Waals surface area (Å²) < 4.78 is 6.10. The summed E-state index contributed by atoms with van der Waals surface area (Å²) in [6, 6.07) is 63.4. The standard InChI is InChI=1S/C18H13BN2.C18H12BNO.C12H9BN/c1-3-8-14-12(6-1)19-13-7-2-4-9-15(13)21-17-11-5-10-16(20-14)18(17)19;1-3-8-14-12(6-1)19-13-7-2-4-10-16(13)21-17-11-5-9-15(20-14)18(17)19;1-3-7-11-9(5-1)13-10-6-2-4-8-12(10)14-11/h1-11,20-21H;1-11,20H;1-8,14H. The molecular weight excluding hydrogens is 681 g/mol. The van der Waals surface area contributed by atoms with Crippen molar-refractivity contribution in [3.63, 3.8) is 0 Å². The molecular formula is C48H34B3N4O. The van der Waals surface area contributed by atoms with Crippen LogP contribution in [0.4, 0.5) is 45.5 Å². The molecule has 0 spiro atoms. The van der Waals surface area contributed by atoms with Crippen molar-refractivity contribution in [3.8, 4) is 11.5 Å². The Labute approximate surface area is 328 Å². The van der Waals surface area contributed by atoms with E-state index in [4.69, 9.17) is 4.74 Å². The van der Waals surface area contributed by atoms with Gasteiger partial charge in [-0.25, -0.2) is 0 Å². The van der Waals surface area contributed by atoms with E-state index < -0.39 is 0 Å². The van der Waals surface area contributed by atoms with Crippen molar-refractivity contribution in [2.24, 2.45) is 0 Å². The van der Waals surface area contributed by atoms with Crippen LogP contribution in [0, 0.1) is 0 Å². The zero-order chi connectivity index (χ0) is 37.0. The molecule has 0 fully saturated rings. The summed E-state index contributed by atoms with van der Waals surface area (Å²) in [6.45, 7) is 0.560. The average Bonchev–Trinajstić information content (AvgIpc) is 3.26. The summed E-state index contributed by atoms with van der Waals surface area (Å²) >= 11 is 0. The van der Waals surface area contributed by atoms with Gasteiger partial charge in [0.05, 0.1) is 0 Å². The van der Waals surface area contributed by atoms with Crippen LogP contribution in [0.1, 0.15) is 0 Å². The van der Waals surface area contributed by atoms with Crippen LogP contribution in [0.15, 0.2) is 182 Å². The Balaban J connectivity index is 0.0000000995. The molecule has 8 aromatic rings. The van der Waals surface area contributed by atoms with Crippen molar-refractivity contribution in [1.29, 1.82) is 0 Å². The summed E-state index contributed by atoms with van der Waals surface area (Å²) in [4.78, 5) is 0. The largest absolute Gasteiger partial charge is 0.458 e. The van der Waals surface area contributed by atoms with Gasteiger partial charge in [0, 0.05) is 45.5 Å². The Morgan fingerprint density at radius 1 is 0.304 bits per heavy atom. The molecule has 0 atom stereocenters. The third-order valence-electron chi connectivity index (χ3n) is 11.3. The quantitative estimate of drug-likeness (QED) is 0.144. The van der Waals surface area contributed by atoms with E-state index in [1.807, 2.05) is 24.3 Å². The highest BCUT2D eigenvalue weighted by atomic mass is 16.5. The van der Waals surface area contributed by atoms with Gasteiger partial charge in [-0.1, -0.05) is 132 Å². The highest BCUT2D eigenvalue weighted by Crippen LogP contribution is 2.32. The van der Waals surface area contributed by atoms with E-state index in [9.17, 15) is 0 Å². The van der Waals surface area contributed by atoms with Gasteiger partial charge in [-0.15, -0.1) is 0 Å². The van der Waals surface area contributed by atoms with Crippen LogP contribution < -0.4 is 69.7 Å². The molecule has 0 aliphatic carbocycles. The molecule has 1 radical (unpaired) electrons. The Hall–Kier alpha value is -7.05. The van der Waals surface area contributed by atoms with Gasteiger partial charge in [0.2, 0.25) is 0 Å². The fourth-order valence-corrected chi connectivity index (χ4v) is 8.83. The highest BCUT2D eigenvalue weighted by Gasteiger charge is 2.38. The molecule has 8 aromatic carbocycles. The van der Waals surface area contributed by atoms with Gasteiger partial charge in [0.15, 0.2) is 7.28 Å². The van der Waals surface area contributed by atoms with Crippen molar-refractivity contribution in [1.82, 2.24) is 0 Å². The maximum Gasteiger partial charge on any atom is 0.256 e. The Bertz CT molecular complexity index is 2460. The molecule has 0 bridgehead atoms. The second-order valence-corrected chi connectivity index (χ2v) is 14.6. The van der Waals surface area contributed by atoms with Gasteiger partial charge in [-0.3, -0.25) is 0 Å². The zero-order valence-corrected chi connectivity index (χ0v) is 30.5. The molecule has 0 saturated heterocycles. The van der Waals surface area contributed by atoms with Gasteiger partial charge in [0.25, 0.3) is 13.4 Å². The molecule has 0 aromatic heterocycles. The Morgan fingerprint density at radius 3 is 1.21 bits per heavy atom. The number of hydrogen-bond donors (Lipinski definition) is 4. The number of fused-ring (bicyclic) bond motifs is 10. The van der Waals surface area contributed by atoms with Crippen molar-refractivity contribution >= 4 is 110 Å². The van der Waals surface area contributed by atoms with E-state index in [2.05, 4.69) is 186 Å². The van der Waals surface area contributed by atoms with Crippen LogP contribution in [-0.4, -0.2) is 20.7 Å². The molecule has 5 nitrogen and oxygen atoms in total. The van der Waals surface area contributed by atoms with Crippen LogP contribution in [0.25, 0.3) is 0 Å². The zero-order valence-electron chi connectivity index (χ0n) is 30.5. The second kappa shape index (κ2) is 13.4. The maximum atomic E-state index is 6.10. The molecule has 5 aliphatic heterocycles. The summed E-state index contributed by atoms with van der Waals surface area (Å²) in [5.41, 5.74) is 19.9. The molecule has 56 heavy (non-hydrogen) atoms. The molecule has 5 heterocycles. The van der Waals surface area contributed by atoms with Crippen LogP contribution in [0.5, 0.6) is 11.5 Å². The number of ether oxygens (including phenoxy) is 1. The van der Waals surface area contributed by atoms with Gasteiger partial charge < -0.3 is 26.0 Å². The summed E-state index contributed by atoms with van der Waals surface area (Å²) in [5, 5.41) is 14.1. The SMILES string of the molecule is [B]1c2ccccc2Nc2ccccc21.c1ccc2c(c1)Nc1cccc3c1B2c1ccccc1N3.c1ccc2c(c1)Nc1cccc3c1B2c1ccccc1O3. The number of anilines is 8. The van der Waals surface area contributed by atoms with Gasteiger partial charge in [0.1, 0.15) is 11.5 Å². The number of hydrogen-bond acceptors (Lipinski definition) is 5. The fourth-order valence-electron chi connectivity index (χ4n) is 8.83. The predicted octanol–water partition coefficient (Wildman–Crippen LogP) is 6.08. The topological polar surface area (TPSA) is 57.3 Å². The lowest BCUT2D eigenvalue weighted by molar-refractivity contribution is 0.487. The minimum Gasteiger partial charge on any atom is -0.458 e.